The molecule has 1 aromatic carbocycles. The van der Waals surface area contributed by atoms with Crippen LogP contribution in [0.3, 0.4) is 0 Å². The molecule has 172 valence electrons. The molecule has 0 bridgehead atoms. The fraction of sp³-hybridized carbons (Fsp3) is 0.600. The first-order chi connectivity index (χ1) is 13.7. The number of benzene rings is 1. The van der Waals surface area contributed by atoms with Crippen LogP contribution in [0.5, 0.6) is 11.5 Å². The molecule has 1 amide bonds. The van der Waals surface area contributed by atoms with E-state index in [1.165, 1.54) is 0 Å². The highest BCUT2D eigenvalue weighted by atomic mass is 127. The Labute approximate surface area is 196 Å². The van der Waals surface area contributed by atoms with Crippen LogP contribution in [0.25, 0.3) is 0 Å². The zero-order valence-electron chi connectivity index (χ0n) is 18.7. The molecule has 30 heavy (non-hydrogen) atoms. The Kier molecular flexibility index (Phi) is 13.2. The summed E-state index contributed by atoms with van der Waals surface area (Å²) in [7, 11) is 4.76. The van der Waals surface area contributed by atoms with Gasteiger partial charge in [0.1, 0.15) is 5.60 Å². The maximum atomic E-state index is 12.3. The molecule has 0 saturated heterocycles. The highest BCUT2D eigenvalue weighted by Gasteiger charge is 2.21. The number of hydrogen-bond donors (Lipinski definition) is 2. The Hall–Kier alpha value is -1.95. The van der Waals surface area contributed by atoms with Gasteiger partial charge in [0, 0.05) is 26.7 Å². The van der Waals surface area contributed by atoms with Crippen LogP contribution in [0.1, 0.15) is 26.3 Å². The summed E-state index contributed by atoms with van der Waals surface area (Å²) in [5, 5.41) is 3.01. The van der Waals surface area contributed by atoms with E-state index in [0.29, 0.717) is 44.3 Å². The van der Waals surface area contributed by atoms with Crippen molar-refractivity contribution in [2.45, 2.75) is 32.9 Å². The number of ether oxygens (including phenoxy) is 4. The van der Waals surface area contributed by atoms with Gasteiger partial charge in [-0.25, -0.2) is 9.79 Å². The van der Waals surface area contributed by atoms with Gasteiger partial charge in [0.15, 0.2) is 17.5 Å². The lowest BCUT2D eigenvalue weighted by atomic mass is 10.2. The molecule has 10 heteroatoms. The van der Waals surface area contributed by atoms with Gasteiger partial charge in [0.2, 0.25) is 0 Å². The SMILES string of the molecule is COCCN(CCNC(N)=NCc1ccc(OC)c(OC)c1)C(=O)OC(C)(C)C.I. The topological polar surface area (TPSA) is 108 Å². The van der Waals surface area contributed by atoms with Gasteiger partial charge in [0.25, 0.3) is 0 Å². The van der Waals surface area contributed by atoms with E-state index >= 15 is 0 Å². The molecule has 0 radical (unpaired) electrons. The average molecular weight is 538 g/mol. The Balaban J connectivity index is 0.00000841. The molecule has 0 saturated carbocycles. The number of hydrogen-bond acceptors (Lipinski definition) is 6. The number of carbonyl (C=O) groups is 1. The summed E-state index contributed by atoms with van der Waals surface area (Å²) in [5.74, 6) is 1.58. The molecule has 0 aliphatic heterocycles. The van der Waals surface area contributed by atoms with Crippen LogP contribution in [0.15, 0.2) is 23.2 Å². The number of carbonyl (C=O) groups excluding carboxylic acids is 1. The second kappa shape index (κ2) is 14.1. The molecule has 3 N–H and O–H groups in total. The molecule has 0 aliphatic rings. The Morgan fingerprint density at radius 2 is 1.80 bits per heavy atom. The molecule has 0 aliphatic carbocycles. The van der Waals surface area contributed by atoms with Crippen LogP contribution in [-0.4, -0.2) is 70.1 Å². The molecule has 0 unspecified atom stereocenters. The van der Waals surface area contributed by atoms with Crippen molar-refractivity contribution >= 4 is 36.0 Å². The summed E-state index contributed by atoms with van der Waals surface area (Å²) in [6, 6.07) is 5.57. The van der Waals surface area contributed by atoms with Gasteiger partial charge < -0.3 is 34.9 Å². The number of guanidine groups is 1. The summed E-state index contributed by atoms with van der Waals surface area (Å²) in [5.41, 5.74) is 6.31. The standard InChI is InChI=1S/C20H34N4O5.HI/c1-20(2,3)29-19(25)24(11-12-26-4)10-9-22-18(21)23-14-15-7-8-16(27-5)17(13-15)28-6;/h7-8,13H,9-12,14H2,1-6H3,(H3,21,22,23);1H. The van der Waals surface area contributed by atoms with Crippen molar-refractivity contribution in [3.05, 3.63) is 23.8 Å². The Bertz CT molecular complexity index is 680. The fourth-order valence-corrected chi connectivity index (χ4v) is 2.35. The number of halogens is 1. The van der Waals surface area contributed by atoms with Crippen LogP contribution in [0, 0.1) is 0 Å². The summed E-state index contributed by atoms with van der Waals surface area (Å²) in [6.07, 6.45) is -0.391. The maximum Gasteiger partial charge on any atom is 0.410 e. The number of nitrogens with two attached hydrogens (primary N) is 1. The molecule has 0 aromatic heterocycles. The van der Waals surface area contributed by atoms with Gasteiger partial charge in [-0.05, 0) is 38.5 Å². The highest BCUT2D eigenvalue weighted by molar-refractivity contribution is 14.0. The largest absolute Gasteiger partial charge is 0.493 e. The summed E-state index contributed by atoms with van der Waals surface area (Å²) < 4.78 is 21.0. The number of aliphatic imine (C=N–C) groups is 1. The number of nitrogens with one attached hydrogen (secondary N) is 1. The van der Waals surface area contributed by atoms with Crippen molar-refractivity contribution in [1.82, 2.24) is 10.2 Å². The second-order valence-corrected chi connectivity index (χ2v) is 7.28. The number of rotatable bonds is 10. The van der Waals surface area contributed by atoms with Crippen molar-refractivity contribution < 1.29 is 23.7 Å². The molecular weight excluding hydrogens is 503 g/mol. The zero-order valence-corrected chi connectivity index (χ0v) is 21.0. The minimum absolute atomic E-state index is 0. The lowest BCUT2D eigenvalue weighted by Crippen LogP contribution is -2.44. The molecule has 0 heterocycles. The highest BCUT2D eigenvalue weighted by Crippen LogP contribution is 2.27. The van der Waals surface area contributed by atoms with Crippen LogP contribution < -0.4 is 20.5 Å². The van der Waals surface area contributed by atoms with E-state index in [-0.39, 0.29) is 29.9 Å². The summed E-state index contributed by atoms with van der Waals surface area (Å²) in [4.78, 5) is 18.2. The number of methoxy groups -OCH3 is 3. The van der Waals surface area contributed by atoms with E-state index < -0.39 is 11.7 Å². The van der Waals surface area contributed by atoms with Crippen LogP contribution in [0.2, 0.25) is 0 Å². The Morgan fingerprint density at radius 3 is 2.37 bits per heavy atom. The molecule has 1 aromatic rings. The molecule has 1 rings (SSSR count). The third-order valence-corrected chi connectivity index (χ3v) is 3.78. The number of nitrogens with zero attached hydrogens (tertiary/aromatic N) is 2. The van der Waals surface area contributed by atoms with Crippen LogP contribution in [-0.2, 0) is 16.0 Å². The third-order valence-electron chi connectivity index (χ3n) is 3.78. The van der Waals surface area contributed by atoms with Crippen LogP contribution >= 0.6 is 24.0 Å². The molecule has 0 fully saturated rings. The molecule has 0 atom stereocenters. The summed E-state index contributed by atoms with van der Waals surface area (Å²) in [6.45, 7) is 7.56. The van der Waals surface area contributed by atoms with E-state index in [1.807, 2.05) is 39.0 Å². The third kappa shape index (κ3) is 10.7. The lowest BCUT2D eigenvalue weighted by molar-refractivity contribution is 0.0206. The first-order valence-electron chi connectivity index (χ1n) is 9.41. The summed E-state index contributed by atoms with van der Waals surface area (Å²) >= 11 is 0. The normalized spacial score (nSPS) is 11.3. The smallest absolute Gasteiger partial charge is 0.410 e. The van der Waals surface area contributed by atoms with Gasteiger partial charge in [-0.2, -0.15) is 0 Å². The predicted molar refractivity (Wildman–Crippen MR) is 128 cm³/mol. The minimum atomic E-state index is -0.560. The monoisotopic (exact) mass is 538 g/mol. The van der Waals surface area contributed by atoms with Crippen molar-refractivity contribution in [2.75, 3.05) is 47.6 Å². The molecular formula is C20H35IN4O5. The van der Waals surface area contributed by atoms with E-state index in [0.717, 1.165) is 5.56 Å². The van der Waals surface area contributed by atoms with E-state index in [1.54, 1.807) is 26.2 Å². The van der Waals surface area contributed by atoms with Crippen LogP contribution in [0.4, 0.5) is 4.79 Å². The van der Waals surface area contributed by atoms with Crippen molar-refractivity contribution in [2.24, 2.45) is 10.7 Å². The van der Waals surface area contributed by atoms with Gasteiger partial charge >= 0.3 is 6.09 Å². The van der Waals surface area contributed by atoms with E-state index in [4.69, 9.17) is 24.7 Å². The molecule has 9 nitrogen and oxygen atoms in total. The maximum absolute atomic E-state index is 12.3. The van der Waals surface area contributed by atoms with E-state index in [2.05, 4.69) is 10.3 Å². The van der Waals surface area contributed by atoms with Gasteiger partial charge in [0.05, 0.1) is 27.4 Å². The Morgan fingerprint density at radius 1 is 1.13 bits per heavy atom. The van der Waals surface area contributed by atoms with Gasteiger partial charge in [-0.15, -0.1) is 24.0 Å². The van der Waals surface area contributed by atoms with Crippen molar-refractivity contribution in [3.8, 4) is 11.5 Å². The first-order valence-corrected chi connectivity index (χ1v) is 9.41. The first kappa shape index (κ1) is 28.1. The van der Waals surface area contributed by atoms with E-state index in [9.17, 15) is 4.79 Å². The second-order valence-electron chi connectivity index (χ2n) is 7.28. The minimum Gasteiger partial charge on any atom is -0.493 e. The predicted octanol–water partition coefficient (Wildman–Crippen LogP) is 2.61. The quantitative estimate of drug-likeness (QED) is 0.268. The van der Waals surface area contributed by atoms with Gasteiger partial charge in [-0.1, -0.05) is 6.07 Å². The number of amides is 1. The molecule has 0 spiro atoms. The van der Waals surface area contributed by atoms with Crippen molar-refractivity contribution in [3.63, 3.8) is 0 Å². The van der Waals surface area contributed by atoms with Crippen molar-refractivity contribution in [1.29, 1.82) is 0 Å². The lowest BCUT2D eigenvalue weighted by Gasteiger charge is -2.27. The van der Waals surface area contributed by atoms with Gasteiger partial charge in [-0.3, -0.25) is 0 Å². The average Bonchev–Trinajstić information content (AvgIpc) is 2.67. The zero-order chi connectivity index (χ0) is 21.9. The fourth-order valence-electron chi connectivity index (χ4n) is 2.35.